The Morgan fingerprint density at radius 3 is 2.60 bits per heavy atom. The van der Waals surface area contributed by atoms with E-state index >= 15 is 0 Å². The average molecular weight is 414 g/mol. The van der Waals surface area contributed by atoms with Crippen molar-refractivity contribution in [1.29, 1.82) is 0 Å². The molecule has 0 bridgehead atoms. The van der Waals surface area contributed by atoms with Crippen LogP contribution in [-0.2, 0) is 4.79 Å². The van der Waals surface area contributed by atoms with Crippen molar-refractivity contribution >= 4 is 5.97 Å². The van der Waals surface area contributed by atoms with Gasteiger partial charge >= 0.3 is 0 Å². The first-order chi connectivity index (χ1) is 14.2. The van der Waals surface area contributed by atoms with Crippen LogP contribution in [0, 0.1) is 46.3 Å². The van der Waals surface area contributed by atoms with Gasteiger partial charge in [-0.25, -0.2) is 0 Å². The molecule has 3 fully saturated rings. The number of carboxylic acids is 1. The Kier molecular flexibility index (Phi) is 5.98. The maximum atomic E-state index is 11.9. The first kappa shape index (κ1) is 22.1. The van der Waals surface area contributed by atoms with Crippen LogP contribution in [0.25, 0.3) is 0 Å². The third kappa shape index (κ3) is 3.59. The van der Waals surface area contributed by atoms with E-state index in [2.05, 4.69) is 33.8 Å². The molecular weight excluding hydrogens is 372 g/mol. The number of carbonyl (C=O) groups excluding carboxylic acids is 1. The van der Waals surface area contributed by atoms with Gasteiger partial charge in [-0.2, -0.15) is 0 Å². The highest BCUT2D eigenvalue weighted by Gasteiger charge is 2.59. The van der Waals surface area contributed by atoms with Gasteiger partial charge in [0, 0.05) is 5.92 Å². The average Bonchev–Trinajstić information content (AvgIpc) is 2.99. The van der Waals surface area contributed by atoms with E-state index < -0.39 is 11.9 Å². The van der Waals surface area contributed by atoms with Crippen LogP contribution in [-0.4, -0.2) is 17.2 Å². The van der Waals surface area contributed by atoms with E-state index in [9.17, 15) is 15.0 Å². The van der Waals surface area contributed by atoms with E-state index in [4.69, 9.17) is 0 Å². The Labute approximate surface area is 183 Å². The molecule has 0 aromatic heterocycles. The van der Waals surface area contributed by atoms with Gasteiger partial charge in [-0.05, 0) is 98.2 Å². The Bertz CT molecular complexity index is 722. The first-order valence-corrected chi connectivity index (χ1v) is 12.4. The number of hydrogen-bond acceptors (Lipinski definition) is 3. The molecule has 0 saturated heterocycles. The third-order valence-electron chi connectivity index (χ3n) is 9.89. The normalized spacial score (nSPS) is 44.3. The lowest BCUT2D eigenvalue weighted by Crippen LogP contribution is -2.53. The molecule has 3 nitrogen and oxygen atoms in total. The van der Waals surface area contributed by atoms with Crippen LogP contribution in [0.5, 0.6) is 0 Å². The zero-order chi connectivity index (χ0) is 21.7. The minimum absolute atomic E-state index is 0.117. The van der Waals surface area contributed by atoms with Crippen molar-refractivity contribution < 1.29 is 15.0 Å². The highest BCUT2D eigenvalue weighted by molar-refractivity contribution is 5.74. The van der Waals surface area contributed by atoms with E-state index in [1.54, 1.807) is 0 Å². The quantitative estimate of drug-likeness (QED) is 0.653. The van der Waals surface area contributed by atoms with Crippen molar-refractivity contribution in [3.63, 3.8) is 0 Å². The van der Waals surface area contributed by atoms with Gasteiger partial charge in [0.1, 0.15) is 0 Å². The molecule has 0 spiro atoms. The summed E-state index contributed by atoms with van der Waals surface area (Å²) >= 11 is 0. The molecule has 0 amide bonds. The highest BCUT2D eigenvalue weighted by atomic mass is 16.4. The second-order valence-corrected chi connectivity index (χ2v) is 11.8. The number of allylic oxidation sites excluding steroid dienone is 2. The van der Waals surface area contributed by atoms with Gasteiger partial charge in [-0.15, -0.1) is 0 Å². The van der Waals surface area contributed by atoms with Gasteiger partial charge in [0.15, 0.2) is 0 Å². The number of carbonyl (C=O) groups is 1. The molecule has 30 heavy (non-hydrogen) atoms. The van der Waals surface area contributed by atoms with Crippen molar-refractivity contribution in [3.05, 3.63) is 23.8 Å². The molecule has 4 aliphatic carbocycles. The molecule has 0 aliphatic heterocycles. The molecule has 168 valence electrons. The summed E-state index contributed by atoms with van der Waals surface area (Å²) in [6.45, 7) is 9.13. The molecule has 8 atom stereocenters. The molecular formula is C27H41O3-. The molecule has 0 heterocycles. The summed E-state index contributed by atoms with van der Waals surface area (Å²) in [5.41, 5.74) is 1.48. The first-order valence-electron chi connectivity index (χ1n) is 12.4. The van der Waals surface area contributed by atoms with E-state index in [1.165, 1.54) is 25.7 Å². The van der Waals surface area contributed by atoms with Crippen LogP contribution in [0.15, 0.2) is 23.8 Å². The van der Waals surface area contributed by atoms with Gasteiger partial charge in [-0.1, -0.05) is 51.5 Å². The highest BCUT2D eigenvalue weighted by Crippen LogP contribution is 2.66. The standard InChI is InChI=1S/C27H42O3/c1-17(2)6-5-7-20(25(29)30)18-12-14-26(3)19(16-18)8-9-21-22-10-11-24(28)27(22,4)15-13-23(21)26/h5,7,12,17,19-24,28H,6,8-11,13-16H2,1-4H3,(H,29,30)/p-1/t19-,20+,21-,22+,23-,24-,26-,27-/m0/s1. The summed E-state index contributed by atoms with van der Waals surface area (Å²) in [5, 5.41) is 22.6. The lowest BCUT2D eigenvalue weighted by molar-refractivity contribution is -0.308. The summed E-state index contributed by atoms with van der Waals surface area (Å²) in [7, 11) is 0. The lowest BCUT2D eigenvalue weighted by Gasteiger charge is -2.60. The summed E-state index contributed by atoms with van der Waals surface area (Å²) in [6.07, 6.45) is 15.9. The molecule has 0 aromatic rings. The van der Waals surface area contributed by atoms with Crippen LogP contribution < -0.4 is 5.11 Å². The van der Waals surface area contributed by atoms with Crippen molar-refractivity contribution in [2.45, 2.75) is 91.6 Å². The molecule has 3 heteroatoms. The minimum atomic E-state index is -0.952. The molecule has 0 unspecified atom stereocenters. The smallest absolute Gasteiger partial charge is 0.0596 e. The van der Waals surface area contributed by atoms with Gasteiger partial charge in [0.2, 0.25) is 0 Å². The predicted molar refractivity (Wildman–Crippen MR) is 118 cm³/mol. The number of hydrogen-bond donors (Lipinski definition) is 1. The molecule has 0 radical (unpaired) electrons. The Morgan fingerprint density at radius 2 is 1.90 bits per heavy atom. The summed E-state index contributed by atoms with van der Waals surface area (Å²) < 4.78 is 0. The van der Waals surface area contributed by atoms with E-state index in [1.807, 2.05) is 12.2 Å². The van der Waals surface area contributed by atoms with Gasteiger partial charge < -0.3 is 15.0 Å². The lowest BCUT2D eigenvalue weighted by atomic mass is 9.45. The fourth-order valence-electron chi connectivity index (χ4n) is 7.97. The monoisotopic (exact) mass is 413 g/mol. The largest absolute Gasteiger partial charge is 0.549 e. The number of fused-ring (bicyclic) bond motifs is 5. The molecule has 4 rings (SSSR count). The van der Waals surface area contributed by atoms with E-state index in [-0.39, 0.29) is 16.9 Å². The Hall–Kier alpha value is -1.09. The second-order valence-electron chi connectivity index (χ2n) is 11.8. The number of carboxylic acid groups (broad SMARTS) is 1. The molecule has 4 aliphatic rings. The van der Waals surface area contributed by atoms with E-state index in [0.29, 0.717) is 17.8 Å². The fraction of sp³-hybridized carbons (Fsp3) is 0.815. The van der Waals surface area contributed by atoms with Crippen molar-refractivity contribution in [3.8, 4) is 0 Å². The Morgan fingerprint density at radius 1 is 1.17 bits per heavy atom. The number of aliphatic hydroxyl groups excluding tert-OH is 1. The van der Waals surface area contributed by atoms with Crippen LogP contribution in [0.4, 0.5) is 0 Å². The topological polar surface area (TPSA) is 60.4 Å². The molecule has 3 saturated carbocycles. The van der Waals surface area contributed by atoms with Gasteiger partial charge in [0.05, 0.1) is 12.1 Å². The van der Waals surface area contributed by atoms with Crippen LogP contribution in [0.2, 0.25) is 0 Å². The molecule has 1 N–H and O–H groups in total. The van der Waals surface area contributed by atoms with Crippen molar-refractivity contribution in [2.24, 2.45) is 46.3 Å². The zero-order valence-corrected chi connectivity index (χ0v) is 19.4. The van der Waals surface area contributed by atoms with Gasteiger partial charge in [-0.3, -0.25) is 0 Å². The van der Waals surface area contributed by atoms with Crippen LogP contribution >= 0.6 is 0 Å². The number of aliphatic hydroxyl groups is 1. The maximum absolute atomic E-state index is 11.9. The minimum Gasteiger partial charge on any atom is -0.549 e. The SMILES string of the molecule is CC(C)CC=C[C@@H](C(=O)[O-])C1=CC[C@@]2(C)[C@@H](CC[C@H]3[C@H]4CC[C@H](O)[C@@]4(C)CC[C@@H]32)C1. The predicted octanol–water partition coefficient (Wildman–Crippen LogP) is 4.89. The fourth-order valence-corrected chi connectivity index (χ4v) is 7.97. The Balaban J connectivity index is 1.54. The summed E-state index contributed by atoms with van der Waals surface area (Å²) in [5.74, 6) is 1.72. The van der Waals surface area contributed by atoms with Crippen LogP contribution in [0.3, 0.4) is 0 Å². The van der Waals surface area contributed by atoms with Crippen LogP contribution in [0.1, 0.15) is 85.5 Å². The molecule has 0 aromatic carbocycles. The maximum Gasteiger partial charge on any atom is 0.0596 e. The number of rotatable bonds is 5. The van der Waals surface area contributed by atoms with Crippen molar-refractivity contribution in [1.82, 2.24) is 0 Å². The summed E-state index contributed by atoms with van der Waals surface area (Å²) in [4.78, 5) is 11.9. The second kappa shape index (κ2) is 8.11. The third-order valence-corrected chi connectivity index (χ3v) is 9.89. The van der Waals surface area contributed by atoms with E-state index in [0.717, 1.165) is 49.5 Å². The zero-order valence-electron chi connectivity index (χ0n) is 19.4. The van der Waals surface area contributed by atoms with Crippen molar-refractivity contribution in [2.75, 3.05) is 0 Å². The van der Waals surface area contributed by atoms with Gasteiger partial charge in [0.25, 0.3) is 0 Å². The summed E-state index contributed by atoms with van der Waals surface area (Å²) in [6, 6.07) is 0. The number of aliphatic carboxylic acids is 1.